The zero-order valence-corrected chi connectivity index (χ0v) is 19.8. The van der Waals surface area contributed by atoms with Gasteiger partial charge in [0.2, 0.25) is 11.8 Å². The van der Waals surface area contributed by atoms with Crippen molar-refractivity contribution < 1.29 is 23.5 Å². The zero-order chi connectivity index (χ0) is 24.1. The number of methoxy groups -OCH3 is 2. The average Bonchev–Trinajstić information content (AvgIpc) is 3.35. The van der Waals surface area contributed by atoms with Gasteiger partial charge in [0.25, 0.3) is 0 Å². The number of nitrogens with zero attached hydrogens (tertiary/aromatic N) is 3. The summed E-state index contributed by atoms with van der Waals surface area (Å²) in [5.41, 5.74) is 1.78. The molecular weight excluding hydrogens is 437 g/mol. The number of ether oxygens (including phenoxy) is 2. The molecular formula is C26H32FN3O4. The Morgan fingerprint density at radius 2 is 1.68 bits per heavy atom. The number of hydrogen-bond donors (Lipinski definition) is 0. The van der Waals surface area contributed by atoms with Gasteiger partial charge in [-0.2, -0.15) is 0 Å². The van der Waals surface area contributed by atoms with Gasteiger partial charge in [-0.3, -0.25) is 14.5 Å². The van der Waals surface area contributed by atoms with E-state index in [0.717, 1.165) is 42.0 Å². The van der Waals surface area contributed by atoms with Crippen LogP contribution >= 0.6 is 0 Å². The normalized spacial score (nSPS) is 18.7. The van der Waals surface area contributed by atoms with Crippen LogP contribution in [-0.2, 0) is 16.0 Å². The number of piperazine rings is 1. The molecule has 7 nitrogen and oxygen atoms in total. The SMILES string of the molecule is COc1ccc(OC)c(C2CCCN2C(=O)CN2CCN(C(=O)Cc3ccc(F)cc3)CC2)c1. The minimum Gasteiger partial charge on any atom is -0.497 e. The van der Waals surface area contributed by atoms with Crippen molar-refractivity contribution >= 4 is 11.8 Å². The lowest BCUT2D eigenvalue weighted by molar-refractivity contribution is -0.135. The van der Waals surface area contributed by atoms with Crippen molar-refractivity contribution in [1.82, 2.24) is 14.7 Å². The molecule has 4 rings (SSSR count). The van der Waals surface area contributed by atoms with Gasteiger partial charge in [0.05, 0.1) is 33.2 Å². The molecule has 2 aliphatic rings. The highest BCUT2D eigenvalue weighted by Crippen LogP contribution is 2.39. The molecule has 0 bridgehead atoms. The predicted molar refractivity (Wildman–Crippen MR) is 126 cm³/mol. The molecule has 2 aromatic rings. The molecule has 1 unspecified atom stereocenters. The Kier molecular flexibility index (Phi) is 7.67. The topological polar surface area (TPSA) is 62.3 Å². The van der Waals surface area contributed by atoms with Crippen LogP contribution < -0.4 is 9.47 Å². The Labute approximate surface area is 200 Å². The minimum absolute atomic E-state index is 0.0299. The summed E-state index contributed by atoms with van der Waals surface area (Å²) in [7, 11) is 3.27. The highest BCUT2D eigenvalue weighted by molar-refractivity contribution is 5.80. The molecule has 1 atom stereocenters. The summed E-state index contributed by atoms with van der Waals surface area (Å²) in [5.74, 6) is 1.33. The number of carbonyl (C=O) groups is 2. The lowest BCUT2D eigenvalue weighted by atomic mass is 10.0. The van der Waals surface area contributed by atoms with Crippen molar-refractivity contribution in [3.63, 3.8) is 0 Å². The first-order valence-corrected chi connectivity index (χ1v) is 11.7. The van der Waals surface area contributed by atoms with Crippen molar-refractivity contribution in [2.75, 3.05) is 53.5 Å². The molecule has 2 heterocycles. The van der Waals surface area contributed by atoms with Crippen LogP contribution in [0.4, 0.5) is 4.39 Å². The van der Waals surface area contributed by atoms with Gasteiger partial charge in [-0.25, -0.2) is 4.39 Å². The van der Waals surface area contributed by atoms with Crippen LogP contribution in [0.3, 0.4) is 0 Å². The maximum Gasteiger partial charge on any atom is 0.237 e. The summed E-state index contributed by atoms with van der Waals surface area (Å²) in [6.45, 7) is 3.54. The van der Waals surface area contributed by atoms with E-state index in [1.54, 1.807) is 26.4 Å². The number of amides is 2. The first kappa shape index (κ1) is 24.0. The maximum atomic E-state index is 13.2. The van der Waals surface area contributed by atoms with E-state index in [0.29, 0.717) is 32.7 Å². The minimum atomic E-state index is -0.306. The third-order valence-corrected chi connectivity index (χ3v) is 6.72. The molecule has 34 heavy (non-hydrogen) atoms. The summed E-state index contributed by atoms with van der Waals surface area (Å²) in [6, 6.07) is 11.7. The van der Waals surface area contributed by atoms with Gasteiger partial charge in [0.1, 0.15) is 17.3 Å². The predicted octanol–water partition coefficient (Wildman–Crippen LogP) is 2.89. The van der Waals surface area contributed by atoms with Gasteiger partial charge in [-0.05, 0) is 48.7 Å². The Bertz CT molecular complexity index is 1010. The molecule has 2 amide bonds. The standard InChI is InChI=1S/C26H32FN3O4/c1-33-21-9-10-24(34-2)22(17-21)23-4-3-11-30(23)26(32)18-28-12-14-29(15-13-28)25(31)16-19-5-7-20(27)8-6-19/h5-10,17,23H,3-4,11-16,18H2,1-2H3. The maximum absolute atomic E-state index is 13.2. The van der Waals surface area contributed by atoms with Crippen LogP contribution in [-0.4, -0.2) is 80.0 Å². The fraction of sp³-hybridized carbons (Fsp3) is 0.462. The van der Waals surface area contributed by atoms with E-state index in [1.165, 1.54) is 12.1 Å². The largest absolute Gasteiger partial charge is 0.497 e. The molecule has 0 aromatic heterocycles. The van der Waals surface area contributed by atoms with Gasteiger partial charge in [-0.15, -0.1) is 0 Å². The van der Waals surface area contributed by atoms with E-state index in [4.69, 9.17) is 9.47 Å². The Balaban J connectivity index is 1.32. The van der Waals surface area contributed by atoms with E-state index < -0.39 is 0 Å². The van der Waals surface area contributed by atoms with Crippen molar-refractivity contribution in [3.05, 3.63) is 59.4 Å². The highest BCUT2D eigenvalue weighted by atomic mass is 19.1. The van der Waals surface area contributed by atoms with Crippen molar-refractivity contribution in [2.24, 2.45) is 0 Å². The van der Waals surface area contributed by atoms with Crippen LogP contribution in [0.1, 0.15) is 30.0 Å². The lowest BCUT2D eigenvalue weighted by Gasteiger charge is -2.36. The molecule has 0 N–H and O–H groups in total. The number of likely N-dealkylation sites (tertiary alicyclic amines) is 1. The Hall–Kier alpha value is -3.13. The quantitative estimate of drug-likeness (QED) is 0.624. The average molecular weight is 470 g/mol. The second-order valence-corrected chi connectivity index (χ2v) is 8.81. The summed E-state index contributed by atoms with van der Waals surface area (Å²) < 4.78 is 24.0. The smallest absolute Gasteiger partial charge is 0.237 e. The van der Waals surface area contributed by atoms with E-state index in [9.17, 15) is 14.0 Å². The molecule has 0 aliphatic carbocycles. The Morgan fingerprint density at radius 3 is 2.35 bits per heavy atom. The molecule has 2 aliphatic heterocycles. The van der Waals surface area contributed by atoms with Crippen LogP contribution in [0, 0.1) is 5.82 Å². The van der Waals surface area contributed by atoms with E-state index in [2.05, 4.69) is 4.90 Å². The fourth-order valence-corrected chi connectivity index (χ4v) is 4.81. The number of carbonyl (C=O) groups excluding carboxylic acids is 2. The second kappa shape index (κ2) is 10.9. The van der Waals surface area contributed by atoms with Gasteiger partial charge < -0.3 is 19.3 Å². The molecule has 8 heteroatoms. The van der Waals surface area contributed by atoms with E-state index >= 15 is 0 Å². The first-order valence-electron chi connectivity index (χ1n) is 11.7. The van der Waals surface area contributed by atoms with E-state index in [1.807, 2.05) is 28.0 Å². The molecule has 2 aromatic carbocycles. The number of hydrogen-bond acceptors (Lipinski definition) is 5. The molecule has 2 saturated heterocycles. The monoisotopic (exact) mass is 469 g/mol. The van der Waals surface area contributed by atoms with Crippen LogP contribution in [0.15, 0.2) is 42.5 Å². The van der Waals surface area contributed by atoms with Crippen molar-refractivity contribution in [3.8, 4) is 11.5 Å². The molecule has 0 spiro atoms. The first-order chi connectivity index (χ1) is 16.5. The molecule has 2 fully saturated rings. The van der Waals surface area contributed by atoms with Crippen LogP contribution in [0.25, 0.3) is 0 Å². The highest BCUT2D eigenvalue weighted by Gasteiger charge is 2.33. The third kappa shape index (κ3) is 5.50. The van der Waals surface area contributed by atoms with Crippen molar-refractivity contribution in [1.29, 1.82) is 0 Å². The van der Waals surface area contributed by atoms with Crippen molar-refractivity contribution in [2.45, 2.75) is 25.3 Å². The Morgan fingerprint density at radius 1 is 0.941 bits per heavy atom. The summed E-state index contributed by atoms with van der Waals surface area (Å²) in [5, 5.41) is 0. The lowest BCUT2D eigenvalue weighted by Crippen LogP contribution is -2.51. The summed E-state index contributed by atoms with van der Waals surface area (Å²) >= 11 is 0. The molecule has 0 radical (unpaired) electrons. The molecule has 182 valence electrons. The van der Waals surface area contributed by atoms with Gasteiger partial charge >= 0.3 is 0 Å². The van der Waals surface area contributed by atoms with Crippen LogP contribution in [0.5, 0.6) is 11.5 Å². The van der Waals surface area contributed by atoms with Gasteiger partial charge in [-0.1, -0.05) is 12.1 Å². The number of halogens is 1. The number of rotatable bonds is 7. The third-order valence-electron chi connectivity index (χ3n) is 6.72. The summed E-state index contributed by atoms with van der Waals surface area (Å²) in [6.07, 6.45) is 2.10. The second-order valence-electron chi connectivity index (χ2n) is 8.81. The number of benzene rings is 2. The zero-order valence-electron chi connectivity index (χ0n) is 19.8. The van der Waals surface area contributed by atoms with Gasteiger partial charge in [0.15, 0.2) is 0 Å². The van der Waals surface area contributed by atoms with Crippen LogP contribution in [0.2, 0.25) is 0 Å². The fourth-order valence-electron chi connectivity index (χ4n) is 4.81. The molecule has 0 saturated carbocycles. The van der Waals surface area contributed by atoms with Gasteiger partial charge in [0, 0.05) is 38.3 Å². The van der Waals surface area contributed by atoms with E-state index in [-0.39, 0.29) is 30.1 Å². The summed E-state index contributed by atoms with van der Waals surface area (Å²) in [4.78, 5) is 31.7.